The van der Waals surface area contributed by atoms with Gasteiger partial charge in [-0.25, -0.2) is 0 Å². The fourth-order valence-electron chi connectivity index (χ4n) is 6.20. The summed E-state index contributed by atoms with van der Waals surface area (Å²) in [5, 5.41) is 3.49. The van der Waals surface area contributed by atoms with Crippen LogP contribution >= 0.6 is 0 Å². The molecule has 1 aliphatic heterocycles. The molecule has 0 saturated heterocycles. The number of aromatic nitrogens is 1. The molecule has 108 valence electrons. The van der Waals surface area contributed by atoms with E-state index < -0.39 is 0 Å². The second-order valence-electron chi connectivity index (χ2n) is 7.94. The van der Waals surface area contributed by atoms with Crippen molar-refractivity contribution in [1.82, 2.24) is 9.88 Å². The van der Waals surface area contributed by atoms with Crippen LogP contribution in [0.5, 0.6) is 0 Å². The molecule has 5 aliphatic rings. The standard InChI is InChI=1S/C18H26N2/c1-2-17-11-19-3-4-20(17)16(1)10-18-14-6-12-5-13(8-14)9-15(18)7-12/h1-2,12-15,18-19H,3-11H2. The molecule has 4 bridgehead atoms. The molecule has 4 fully saturated rings. The number of hydrogen-bond acceptors (Lipinski definition) is 1. The molecule has 2 nitrogen and oxygen atoms in total. The molecule has 20 heavy (non-hydrogen) atoms. The monoisotopic (exact) mass is 270 g/mol. The summed E-state index contributed by atoms with van der Waals surface area (Å²) in [4.78, 5) is 0. The van der Waals surface area contributed by atoms with Crippen LogP contribution in [0, 0.1) is 29.6 Å². The second-order valence-corrected chi connectivity index (χ2v) is 7.94. The van der Waals surface area contributed by atoms with Crippen molar-refractivity contribution in [1.29, 1.82) is 0 Å². The van der Waals surface area contributed by atoms with Crippen molar-refractivity contribution < 1.29 is 0 Å². The van der Waals surface area contributed by atoms with Crippen LogP contribution in [0.3, 0.4) is 0 Å². The van der Waals surface area contributed by atoms with Crippen LogP contribution in [0.2, 0.25) is 0 Å². The van der Waals surface area contributed by atoms with Crippen molar-refractivity contribution in [3.8, 4) is 0 Å². The minimum absolute atomic E-state index is 1.01. The molecule has 1 N–H and O–H groups in total. The lowest BCUT2D eigenvalue weighted by atomic mass is 9.51. The van der Waals surface area contributed by atoms with Crippen LogP contribution in [-0.2, 0) is 19.5 Å². The molecule has 2 heteroatoms. The summed E-state index contributed by atoms with van der Waals surface area (Å²) >= 11 is 0. The molecule has 0 radical (unpaired) electrons. The van der Waals surface area contributed by atoms with E-state index in [9.17, 15) is 0 Å². The number of nitrogens with one attached hydrogen (secondary N) is 1. The van der Waals surface area contributed by atoms with Gasteiger partial charge in [-0.15, -0.1) is 0 Å². The highest BCUT2D eigenvalue weighted by atomic mass is 15.1. The largest absolute Gasteiger partial charge is 0.346 e. The minimum atomic E-state index is 1.01. The molecule has 1 aromatic heterocycles. The van der Waals surface area contributed by atoms with Gasteiger partial charge in [0.2, 0.25) is 0 Å². The summed E-state index contributed by atoms with van der Waals surface area (Å²) in [6, 6.07) is 4.78. The third-order valence-corrected chi connectivity index (χ3v) is 6.85. The van der Waals surface area contributed by atoms with E-state index in [0.29, 0.717) is 0 Å². The van der Waals surface area contributed by atoms with Gasteiger partial charge in [-0.05, 0) is 80.2 Å². The van der Waals surface area contributed by atoms with Crippen molar-refractivity contribution in [2.24, 2.45) is 29.6 Å². The molecule has 0 spiro atoms. The molecular weight excluding hydrogens is 244 g/mol. The first-order valence-electron chi connectivity index (χ1n) is 8.75. The van der Waals surface area contributed by atoms with Crippen molar-refractivity contribution in [2.75, 3.05) is 6.54 Å². The van der Waals surface area contributed by atoms with Gasteiger partial charge in [-0.3, -0.25) is 0 Å². The van der Waals surface area contributed by atoms with Gasteiger partial charge in [0, 0.05) is 31.0 Å². The van der Waals surface area contributed by atoms with Crippen molar-refractivity contribution in [2.45, 2.75) is 51.6 Å². The van der Waals surface area contributed by atoms with E-state index in [-0.39, 0.29) is 0 Å². The first-order valence-corrected chi connectivity index (χ1v) is 8.75. The lowest BCUT2D eigenvalue weighted by molar-refractivity contribution is -0.0366. The van der Waals surface area contributed by atoms with E-state index in [4.69, 9.17) is 0 Å². The zero-order valence-corrected chi connectivity index (χ0v) is 12.4. The van der Waals surface area contributed by atoms with E-state index in [2.05, 4.69) is 22.0 Å². The van der Waals surface area contributed by atoms with Gasteiger partial charge in [0.25, 0.3) is 0 Å². The predicted octanol–water partition coefficient (Wildman–Crippen LogP) is 3.21. The maximum Gasteiger partial charge on any atom is 0.0360 e. The van der Waals surface area contributed by atoms with Gasteiger partial charge in [-0.2, -0.15) is 0 Å². The fourth-order valence-corrected chi connectivity index (χ4v) is 6.20. The summed E-state index contributed by atoms with van der Waals surface area (Å²) in [5.41, 5.74) is 3.15. The normalized spacial score (nSPS) is 41.9. The van der Waals surface area contributed by atoms with Gasteiger partial charge in [0.15, 0.2) is 0 Å². The molecule has 0 amide bonds. The summed E-state index contributed by atoms with van der Waals surface area (Å²) in [6.45, 7) is 3.41. The third kappa shape index (κ3) is 1.73. The zero-order chi connectivity index (χ0) is 13.1. The Labute approximate surface area is 121 Å². The highest BCUT2D eigenvalue weighted by Gasteiger charge is 2.48. The van der Waals surface area contributed by atoms with Crippen LogP contribution in [0.1, 0.15) is 43.5 Å². The third-order valence-electron chi connectivity index (χ3n) is 6.85. The Bertz CT molecular complexity index is 487. The van der Waals surface area contributed by atoms with E-state index in [1.807, 2.05) is 0 Å². The Morgan fingerprint density at radius 3 is 2.50 bits per heavy atom. The quantitative estimate of drug-likeness (QED) is 0.873. The fraction of sp³-hybridized carbons (Fsp3) is 0.778. The van der Waals surface area contributed by atoms with Gasteiger partial charge < -0.3 is 9.88 Å². The van der Waals surface area contributed by atoms with E-state index in [0.717, 1.165) is 42.7 Å². The summed E-state index contributed by atoms with van der Waals surface area (Å²) in [7, 11) is 0. The van der Waals surface area contributed by atoms with Crippen molar-refractivity contribution in [3.63, 3.8) is 0 Å². The first kappa shape index (κ1) is 11.9. The Morgan fingerprint density at radius 1 is 1.00 bits per heavy atom. The first-order chi connectivity index (χ1) is 9.87. The van der Waals surface area contributed by atoms with Crippen LogP contribution in [-0.4, -0.2) is 11.1 Å². The van der Waals surface area contributed by atoms with Crippen molar-refractivity contribution >= 4 is 0 Å². The average molecular weight is 270 g/mol. The van der Waals surface area contributed by atoms with Crippen molar-refractivity contribution in [3.05, 3.63) is 23.5 Å². The number of fused-ring (bicyclic) bond motifs is 1. The maximum absolute atomic E-state index is 3.49. The Morgan fingerprint density at radius 2 is 1.75 bits per heavy atom. The molecule has 2 heterocycles. The molecule has 0 unspecified atom stereocenters. The molecule has 0 atom stereocenters. The predicted molar refractivity (Wildman–Crippen MR) is 80.4 cm³/mol. The van der Waals surface area contributed by atoms with Gasteiger partial charge in [-0.1, -0.05) is 0 Å². The van der Waals surface area contributed by atoms with Crippen LogP contribution < -0.4 is 5.32 Å². The van der Waals surface area contributed by atoms with E-state index in [1.54, 1.807) is 37.8 Å². The second kappa shape index (κ2) is 4.37. The number of nitrogens with zero attached hydrogens (tertiary/aromatic N) is 1. The molecule has 0 aromatic carbocycles. The molecular formula is C18H26N2. The van der Waals surface area contributed by atoms with Crippen LogP contribution in [0.25, 0.3) is 0 Å². The van der Waals surface area contributed by atoms with E-state index >= 15 is 0 Å². The minimum Gasteiger partial charge on any atom is -0.346 e. The topological polar surface area (TPSA) is 17.0 Å². The summed E-state index contributed by atoms with van der Waals surface area (Å²) in [5.74, 6) is 5.37. The van der Waals surface area contributed by atoms with Gasteiger partial charge >= 0.3 is 0 Å². The Balaban J connectivity index is 1.40. The molecule has 4 aliphatic carbocycles. The smallest absolute Gasteiger partial charge is 0.0360 e. The summed E-state index contributed by atoms with van der Waals surface area (Å²) < 4.78 is 2.61. The molecule has 1 aromatic rings. The average Bonchev–Trinajstić information content (AvgIpc) is 2.85. The highest BCUT2D eigenvalue weighted by Crippen LogP contribution is 2.57. The van der Waals surface area contributed by atoms with Crippen LogP contribution in [0.15, 0.2) is 12.1 Å². The zero-order valence-electron chi connectivity index (χ0n) is 12.4. The molecule has 6 rings (SSSR count). The molecule has 4 saturated carbocycles. The lowest BCUT2D eigenvalue weighted by Crippen LogP contribution is -2.46. The van der Waals surface area contributed by atoms with Crippen LogP contribution in [0.4, 0.5) is 0 Å². The Kier molecular flexibility index (Phi) is 2.59. The SMILES string of the molecule is c1cc(CC2C3CC4CC(C3)CC2C4)n2c1CNCC2. The van der Waals surface area contributed by atoms with E-state index in [1.165, 1.54) is 18.7 Å². The van der Waals surface area contributed by atoms with Gasteiger partial charge in [0.1, 0.15) is 0 Å². The number of hydrogen-bond donors (Lipinski definition) is 1. The Hall–Kier alpha value is -0.760. The number of rotatable bonds is 2. The summed E-state index contributed by atoms with van der Waals surface area (Å²) in [6.07, 6.45) is 9.19. The maximum atomic E-state index is 3.49. The highest BCUT2D eigenvalue weighted by molar-refractivity contribution is 5.19. The van der Waals surface area contributed by atoms with Gasteiger partial charge in [0.05, 0.1) is 0 Å². The lowest BCUT2D eigenvalue weighted by Gasteiger charge is -2.54.